The van der Waals surface area contributed by atoms with Crippen molar-refractivity contribution in [1.82, 2.24) is 4.57 Å². The van der Waals surface area contributed by atoms with Crippen molar-refractivity contribution in [2.24, 2.45) is 0 Å². The van der Waals surface area contributed by atoms with Gasteiger partial charge in [-0.25, -0.2) is 0 Å². The van der Waals surface area contributed by atoms with Gasteiger partial charge in [-0.15, -0.1) is 0 Å². The average molecular weight is 351 g/mol. The Bertz CT molecular complexity index is 959. The van der Waals surface area contributed by atoms with Gasteiger partial charge < -0.3 is 14.0 Å². The molecule has 0 aliphatic rings. The predicted octanol–water partition coefficient (Wildman–Crippen LogP) is 4.49. The van der Waals surface area contributed by atoms with Crippen LogP contribution in [-0.2, 0) is 6.54 Å². The lowest BCUT2D eigenvalue weighted by Gasteiger charge is -2.15. The Morgan fingerprint density at radius 2 is 1.69 bits per heavy atom. The monoisotopic (exact) mass is 351 g/mol. The van der Waals surface area contributed by atoms with Crippen LogP contribution in [-0.4, -0.2) is 18.3 Å². The molecular weight excluding hydrogens is 326 g/mol. The van der Waals surface area contributed by atoms with Crippen molar-refractivity contribution in [1.29, 1.82) is 0 Å². The highest BCUT2D eigenvalue weighted by molar-refractivity contribution is 5.87. The molecule has 0 bridgehead atoms. The van der Waals surface area contributed by atoms with Crippen LogP contribution in [0.3, 0.4) is 0 Å². The van der Waals surface area contributed by atoms with E-state index in [9.17, 15) is 4.79 Å². The minimum absolute atomic E-state index is 0.0133. The SMILES string of the molecule is COc1cccc2c(C)cc(=O)n(CCCCOc3ccccc3C)c12. The van der Waals surface area contributed by atoms with Crippen LogP contribution in [0.2, 0.25) is 0 Å². The first-order valence-electron chi connectivity index (χ1n) is 8.97. The van der Waals surface area contributed by atoms with Crippen LogP contribution in [0, 0.1) is 13.8 Å². The summed E-state index contributed by atoms with van der Waals surface area (Å²) in [6.45, 7) is 5.29. The summed E-state index contributed by atoms with van der Waals surface area (Å²) in [7, 11) is 1.64. The van der Waals surface area contributed by atoms with Crippen LogP contribution in [0.15, 0.2) is 53.3 Å². The molecule has 3 rings (SSSR count). The molecule has 0 aliphatic carbocycles. The van der Waals surface area contributed by atoms with Gasteiger partial charge in [0.25, 0.3) is 5.56 Å². The fourth-order valence-electron chi connectivity index (χ4n) is 3.23. The van der Waals surface area contributed by atoms with Crippen LogP contribution in [0.25, 0.3) is 10.9 Å². The van der Waals surface area contributed by atoms with Gasteiger partial charge in [0.15, 0.2) is 0 Å². The highest BCUT2D eigenvalue weighted by Crippen LogP contribution is 2.26. The number of ether oxygens (including phenoxy) is 2. The summed E-state index contributed by atoms with van der Waals surface area (Å²) < 4.78 is 13.2. The summed E-state index contributed by atoms with van der Waals surface area (Å²) in [6.07, 6.45) is 1.74. The first-order chi connectivity index (χ1) is 12.6. The Morgan fingerprint density at radius 1 is 0.923 bits per heavy atom. The van der Waals surface area contributed by atoms with E-state index in [1.165, 1.54) is 0 Å². The summed E-state index contributed by atoms with van der Waals surface area (Å²) in [4.78, 5) is 12.5. The molecule has 4 nitrogen and oxygen atoms in total. The van der Waals surface area contributed by atoms with Crippen LogP contribution in [0.1, 0.15) is 24.0 Å². The van der Waals surface area contributed by atoms with Gasteiger partial charge >= 0.3 is 0 Å². The Labute approximate surface area is 154 Å². The zero-order valence-electron chi connectivity index (χ0n) is 15.6. The van der Waals surface area contributed by atoms with Crippen molar-refractivity contribution in [2.45, 2.75) is 33.2 Å². The van der Waals surface area contributed by atoms with Crippen LogP contribution in [0.5, 0.6) is 11.5 Å². The lowest BCUT2D eigenvalue weighted by Crippen LogP contribution is -2.21. The minimum atomic E-state index is 0.0133. The highest BCUT2D eigenvalue weighted by atomic mass is 16.5. The molecule has 0 saturated carbocycles. The summed E-state index contributed by atoms with van der Waals surface area (Å²) in [6, 6.07) is 15.6. The van der Waals surface area contributed by atoms with Gasteiger partial charge in [0.1, 0.15) is 11.5 Å². The predicted molar refractivity (Wildman–Crippen MR) is 105 cm³/mol. The molecular formula is C22H25NO3. The number of benzene rings is 2. The maximum absolute atomic E-state index is 12.5. The van der Waals surface area contributed by atoms with E-state index in [-0.39, 0.29) is 5.56 Å². The third-order valence-electron chi connectivity index (χ3n) is 4.65. The molecule has 1 heterocycles. The zero-order chi connectivity index (χ0) is 18.5. The van der Waals surface area contributed by atoms with Crippen molar-refractivity contribution in [3.05, 3.63) is 70.0 Å². The van der Waals surface area contributed by atoms with Gasteiger partial charge in [-0.2, -0.15) is 0 Å². The number of methoxy groups -OCH3 is 1. The lowest BCUT2D eigenvalue weighted by molar-refractivity contribution is 0.301. The number of nitrogens with zero attached hydrogens (tertiary/aromatic N) is 1. The number of aryl methyl sites for hydroxylation is 3. The third-order valence-corrected chi connectivity index (χ3v) is 4.65. The molecule has 4 heteroatoms. The van der Waals surface area contributed by atoms with Gasteiger partial charge in [0.2, 0.25) is 0 Å². The van der Waals surface area contributed by atoms with Crippen molar-refractivity contribution in [2.75, 3.05) is 13.7 Å². The van der Waals surface area contributed by atoms with E-state index < -0.39 is 0 Å². The van der Waals surface area contributed by atoms with Gasteiger partial charge in [-0.1, -0.05) is 30.3 Å². The molecule has 0 aliphatic heterocycles. The van der Waals surface area contributed by atoms with E-state index in [2.05, 4.69) is 0 Å². The number of fused-ring (bicyclic) bond motifs is 1. The standard InChI is InChI=1S/C22H25NO3/c1-16-9-4-5-11-19(16)26-14-7-6-13-23-21(24)15-17(2)18-10-8-12-20(25-3)22(18)23/h4-5,8-12,15H,6-7,13-14H2,1-3H3. The second kappa shape index (κ2) is 8.09. The molecule has 136 valence electrons. The average Bonchev–Trinajstić information content (AvgIpc) is 2.64. The fourth-order valence-corrected chi connectivity index (χ4v) is 3.23. The van der Waals surface area contributed by atoms with Gasteiger partial charge in [0.05, 0.1) is 19.2 Å². The van der Waals surface area contributed by atoms with Crippen molar-refractivity contribution in [3.8, 4) is 11.5 Å². The molecule has 0 fully saturated rings. The van der Waals surface area contributed by atoms with E-state index in [0.717, 1.165) is 46.4 Å². The molecule has 1 aromatic heterocycles. The molecule has 3 aromatic rings. The fraction of sp³-hybridized carbons (Fsp3) is 0.318. The summed E-state index contributed by atoms with van der Waals surface area (Å²) in [5, 5.41) is 1.06. The summed E-state index contributed by atoms with van der Waals surface area (Å²) in [5.74, 6) is 1.66. The largest absolute Gasteiger partial charge is 0.495 e. The van der Waals surface area contributed by atoms with Crippen LogP contribution >= 0.6 is 0 Å². The second-order valence-electron chi connectivity index (χ2n) is 6.49. The maximum Gasteiger partial charge on any atom is 0.251 e. The molecule has 2 aromatic carbocycles. The Balaban J connectivity index is 1.71. The van der Waals surface area contributed by atoms with Crippen molar-refractivity contribution >= 4 is 10.9 Å². The molecule has 0 N–H and O–H groups in total. The molecule has 0 spiro atoms. The quantitative estimate of drug-likeness (QED) is 0.589. The van der Waals surface area contributed by atoms with Crippen molar-refractivity contribution < 1.29 is 9.47 Å². The van der Waals surface area contributed by atoms with Gasteiger partial charge in [-0.05, 0) is 49.9 Å². The number of rotatable bonds is 7. The normalized spacial score (nSPS) is 10.9. The number of para-hydroxylation sites is 2. The van der Waals surface area contributed by atoms with Crippen molar-refractivity contribution in [3.63, 3.8) is 0 Å². The third kappa shape index (κ3) is 3.74. The molecule has 0 unspecified atom stereocenters. The highest BCUT2D eigenvalue weighted by Gasteiger charge is 2.11. The topological polar surface area (TPSA) is 40.5 Å². The Hall–Kier alpha value is -2.75. The van der Waals surface area contributed by atoms with Gasteiger partial charge in [0, 0.05) is 18.0 Å². The van der Waals surface area contributed by atoms with E-state index in [1.807, 2.05) is 60.9 Å². The Morgan fingerprint density at radius 3 is 2.46 bits per heavy atom. The second-order valence-corrected chi connectivity index (χ2v) is 6.49. The van der Waals surface area contributed by atoms with Crippen LogP contribution in [0.4, 0.5) is 0 Å². The van der Waals surface area contributed by atoms with E-state index in [0.29, 0.717) is 13.2 Å². The lowest BCUT2D eigenvalue weighted by atomic mass is 10.1. The maximum atomic E-state index is 12.5. The molecule has 0 radical (unpaired) electrons. The van der Waals surface area contributed by atoms with E-state index in [1.54, 1.807) is 13.2 Å². The molecule has 26 heavy (non-hydrogen) atoms. The summed E-state index contributed by atoms with van der Waals surface area (Å²) >= 11 is 0. The number of hydrogen-bond donors (Lipinski definition) is 0. The zero-order valence-corrected chi connectivity index (χ0v) is 15.6. The molecule has 0 saturated heterocycles. The number of aromatic nitrogens is 1. The van der Waals surface area contributed by atoms with Gasteiger partial charge in [-0.3, -0.25) is 4.79 Å². The summed E-state index contributed by atoms with van der Waals surface area (Å²) in [5.41, 5.74) is 3.00. The number of pyridine rings is 1. The minimum Gasteiger partial charge on any atom is -0.495 e. The smallest absolute Gasteiger partial charge is 0.251 e. The van der Waals surface area contributed by atoms with Crippen LogP contribution < -0.4 is 15.0 Å². The van der Waals surface area contributed by atoms with E-state index in [4.69, 9.17) is 9.47 Å². The Kier molecular flexibility index (Phi) is 5.61. The number of hydrogen-bond acceptors (Lipinski definition) is 3. The molecule has 0 atom stereocenters. The first kappa shape index (κ1) is 18.1. The first-order valence-corrected chi connectivity index (χ1v) is 8.97. The molecule has 0 amide bonds. The van der Waals surface area contributed by atoms with E-state index >= 15 is 0 Å². The number of unbranched alkanes of at least 4 members (excludes halogenated alkanes) is 1.